The smallest absolute Gasteiger partial charge is 0.322 e. The molecule has 0 radical (unpaired) electrons. The van der Waals surface area contributed by atoms with Crippen LogP contribution >= 0.6 is 0 Å². The number of carboxylic acids is 1. The number of ether oxygens (including phenoxy) is 2. The van der Waals surface area contributed by atoms with Crippen LogP contribution in [-0.4, -0.2) is 67.9 Å². The number of nitrogens with zero attached hydrogens (tertiary/aromatic N) is 3. The van der Waals surface area contributed by atoms with Gasteiger partial charge in [-0.2, -0.15) is 0 Å². The third-order valence-corrected chi connectivity index (χ3v) is 4.77. The van der Waals surface area contributed by atoms with Gasteiger partial charge in [-0.1, -0.05) is 0 Å². The number of rotatable bonds is 4. The summed E-state index contributed by atoms with van der Waals surface area (Å²) >= 11 is 0. The zero-order chi connectivity index (χ0) is 18.1. The van der Waals surface area contributed by atoms with E-state index >= 15 is 0 Å². The van der Waals surface area contributed by atoms with Crippen molar-refractivity contribution in [2.45, 2.75) is 13.0 Å². The fourth-order valence-corrected chi connectivity index (χ4v) is 3.30. The molecular weight excluding hydrogens is 322 g/mol. The van der Waals surface area contributed by atoms with Gasteiger partial charge in [-0.3, -0.25) is 9.69 Å². The lowest BCUT2D eigenvalue weighted by molar-refractivity contribution is -0.142. The Kier molecular flexibility index (Phi) is 4.67. The Labute approximate surface area is 146 Å². The van der Waals surface area contributed by atoms with Crippen LogP contribution in [0.4, 0.5) is 5.82 Å². The molecule has 0 amide bonds. The zero-order valence-electron chi connectivity index (χ0n) is 14.9. The van der Waals surface area contributed by atoms with Crippen molar-refractivity contribution in [3.05, 3.63) is 23.8 Å². The molecule has 1 fully saturated rings. The molecule has 1 saturated heterocycles. The van der Waals surface area contributed by atoms with Gasteiger partial charge in [-0.25, -0.2) is 4.98 Å². The van der Waals surface area contributed by atoms with E-state index in [0.717, 1.165) is 34.6 Å². The fourth-order valence-electron chi connectivity index (χ4n) is 3.30. The van der Waals surface area contributed by atoms with Crippen molar-refractivity contribution in [3.8, 4) is 11.5 Å². The second-order valence-corrected chi connectivity index (χ2v) is 6.27. The highest BCUT2D eigenvalue weighted by Crippen LogP contribution is 2.36. The Morgan fingerprint density at radius 3 is 2.56 bits per heavy atom. The van der Waals surface area contributed by atoms with Gasteiger partial charge in [-0.05, 0) is 37.7 Å². The molecule has 1 N–H and O–H groups in total. The summed E-state index contributed by atoms with van der Waals surface area (Å²) in [6.45, 7) is 3.80. The molecule has 0 spiro atoms. The summed E-state index contributed by atoms with van der Waals surface area (Å²) in [5, 5.41) is 10.3. The number of fused-ring (bicyclic) bond motifs is 1. The highest BCUT2D eigenvalue weighted by Gasteiger charge is 2.30. The molecule has 0 saturated carbocycles. The monoisotopic (exact) mass is 345 g/mol. The molecule has 0 unspecified atom stereocenters. The number of pyridine rings is 1. The van der Waals surface area contributed by atoms with Crippen LogP contribution in [0.5, 0.6) is 11.5 Å². The summed E-state index contributed by atoms with van der Waals surface area (Å²) in [6, 6.07) is 5.14. The van der Waals surface area contributed by atoms with E-state index in [9.17, 15) is 9.90 Å². The first-order chi connectivity index (χ1) is 12.0. The molecule has 1 aliphatic heterocycles. The van der Waals surface area contributed by atoms with E-state index in [4.69, 9.17) is 14.5 Å². The Hall–Kier alpha value is -2.54. The number of aryl methyl sites for hydroxylation is 1. The predicted octanol–water partition coefficient (Wildman–Crippen LogP) is 1.77. The van der Waals surface area contributed by atoms with Crippen molar-refractivity contribution in [1.82, 2.24) is 9.88 Å². The molecule has 7 nitrogen and oxygen atoms in total. The second-order valence-electron chi connectivity index (χ2n) is 6.27. The van der Waals surface area contributed by atoms with E-state index in [2.05, 4.69) is 0 Å². The zero-order valence-corrected chi connectivity index (χ0v) is 14.9. The first kappa shape index (κ1) is 17.3. The van der Waals surface area contributed by atoms with Crippen molar-refractivity contribution < 1.29 is 19.4 Å². The van der Waals surface area contributed by atoms with Gasteiger partial charge in [0.25, 0.3) is 0 Å². The van der Waals surface area contributed by atoms with Crippen molar-refractivity contribution in [2.24, 2.45) is 0 Å². The number of carbonyl (C=O) groups is 1. The van der Waals surface area contributed by atoms with Crippen LogP contribution in [0.3, 0.4) is 0 Å². The lowest BCUT2D eigenvalue weighted by Gasteiger charge is -2.38. The van der Waals surface area contributed by atoms with Gasteiger partial charge >= 0.3 is 5.97 Å². The lowest BCUT2D eigenvalue weighted by atomic mass is 10.1. The molecule has 134 valence electrons. The molecule has 0 bridgehead atoms. The van der Waals surface area contributed by atoms with Crippen LogP contribution in [0.2, 0.25) is 0 Å². The normalized spacial score (nSPS) is 18.4. The van der Waals surface area contributed by atoms with E-state index < -0.39 is 12.0 Å². The van der Waals surface area contributed by atoms with Crippen LogP contribution in [0.15, 0.2) is 18.2 Å². The van der Waals surface area contributed by atoms with Crippen molar-refractivity contribution >= 4 is 22.7 Å². The van der Waals surface area contributed by atoms with Gasteiger partial charge in [0.15, 0.2) is 0 Å². The summed E-state index contributed by atoms with van der Waals surface area (Å²) in [6.07, 6.45) is 0. The molecule has 2 heterocycles. The summed E-state index contributed by atoms with van der Waals surface area (Å²) in [5.74, 6) is 1.36. The van der Waals surface area contributed by atoms with Gasteiger partial charge in [0.1, 0.15) is 28.9 Å². The maximum absolute atomic E-state index is 11.5. The Balaban J connectivity index is 2.07. The summed E-state index contributed by atoms with van der Waals surface area (Å²) in [4.78, 5) is 20.1. The van der Waals surface area contributed by atoms with Gasteiger partial charge in [-0.15, -0.1) is 0 Å². The van der Waals surface area contributed by atoms with Crippen molar-refractivity contribution in [1.29, 1.82) is 0 Å². The molecule has 7 heteroatoms. The van der Waals surface area contributed by atoms with Gasteiger partial charge < -0.3 is 19.5 Å². The number of benzene rings is 1. The number of carboxylic acid groups (broad SMARTS) is 1. The maximum Gasteiger partial charge on any atom is 0.322 e. The minimum Gasteiger partial charge on any atom is -0.496 e. The van der Waals surface area contributed by atoms with Crippen LogP contribution in [0.1, 0.15) is 5.56 Å². The van der Waals surface area contributed by atoms with Gasteiger partial charge in [0.2, 0.25) is 0 Å². The molecule has 3 rings (SSSR count). The number of likely N-dealkylation sites (N-methyl/N-ethyl adjacent to an activating group) is 1. The minimum atomic E-state index is -0.816. The van der Waals surface area contributed by atoms with E-state index in [1.165, 1.54) is 0 Å². The first-order valence-electron chi connectivity index (χ1n) is 8.16. The molecular formula is C18H23N3O4. The van der Waals surface area contributed by atoms with E-state index in [0.29, 0.717) is 18.8 Å². The van der Waals surface area contributed by atoms with Crippen LogP contribution in [0, 0.1) is 6.92 Å². The van der Waals surface area contributed by atoms with Gasteiger partial charge in [0, 0.05) is 25.0 Å². The highest BCUT2D eigenvalue weighted by molar-refractivity contribution is 5.94. The van der Waals surface area contributed by atoms with Gasteiger partial charge in [0.05, 0.1) is 14.2 Å². The average Bonchev–Trinajstić information content (AvgIpc) is 2.60. The number of aromatic nitrogens is 1. The Morgan fingerprint density at radius 2 is 1.92 bits per heavy atom. The number of methoxy groups -OCH3 is 2. The number of aliphatic carboxylic acids is 1. The predicted molar refractivity (Wildman–Crippen MR) is 95.9 cm³/mol. The quantitative estimate of drug-likeness (QED) is 0.905. The third kappa shape index (κ3) is 3.07. The highest BCUT2D eigenvalue weighted by atomic mass is 16.5. The number of hydrogen-bond donors (Lipinski definition) is 1. The maximum atomic E-state index is 11.5. The second kappa shape index (κ2) is 6.76. The van der Waals surface area contributed by atoms with Crippen LogP contribution < -0.4 is 14.4 Å². The molecule has 1 aromatic heterocycles. The van der Waals surface area contributed by atoms with Crippen molar-refractivity contribution in [2.75, 3.05) is 45.8 Å². The van der Waals surface area contributed by atoms with Crippen LogP contribution in [-0.2, 0) is 4.79 Å². The molecule has 0 aliphatic carbocycles. The Bertz CT molecular complexity index is 808. The van der Waals surface area contributed by atoms with Crippen LogP contribution in [0.25, 0.3) is 10.9 Å². The fraction of sp³-hybridized carbons (Fsp3) is 0.444. The number of piperazine rings is 1. The molecule has 25 heavy (non-hydrogen) atoms. The minimum absolute atomic E-state index is 0.399. The first-order valence-corrected chi connectivity index (χ1v) is 8.16. The van der Waals surface area contributed by atoms with E-state index in [1.54, 1.807) is 14.2 Å². The SMILES string of the molecule is COc1ccc(OC)c2c(C)cc(N3CCN(C)[C@@H](C(=O)O)C3)nc12. The van der Waals surface area contributed by atoms with E-state index in [-0.39, 0.29) is 0 Å². The lowest BCUT2D eigenvalue weighted by Crippen LogP contribution is -2.55. The van der Waals surface area contributed by atoms with E-state index in [1.807, 2.05) is 42.0 Å². The molecule has 1 aromatic carbocycles. The summed E-state index contributed by atoms with van der Waals surface area (Å²) in [5.41, 5.74) is 1.74. The summed E-state index contributed by atoms with van der Waals surface area (Å²) < 4.78 is 10.9. The van der Waals surface area contributed by atoms with Crippen molar-refractivity contribution in [3.63, 3.8) is 0 Å². The number of hydrogen-bond acceptors (Lipinski definition) is 6. The molecule has 1 atom stereocenters. The topological polar surface area (TPSA) is 75.1 Å². The largest absolute Gasteiger partial charge is 0.496 e. The third-order valence-electron chi connectivity index (χ3n) is 4.77. The Morgan fingerprint density at radius 1 is 1.24 bits per heavy atom. The number of anilines is 1. The molecule has 2 aromatic rings. The standard InChI is InChI=1S/C18H23N3O4/c1-11-9-15(21-8-7-20(2)12(10-21)18(22)23)19-17-14(25-4)6-5-13(24-3)16(11)17/h5-6,9,12H,7-8,10H2,1-4H3,(H,22,23)/t12-/m1/s1. The summed E-state index contributed by atoms with van der Waals surface area (Å²) in [7, 11) is 5.08. The average molecular weight is 345 g/mol. The molecule has 1 aliphatic rings.